The van der Waals surface area contributed by atoms with Crippen molar-refractivity contribution in [2.75, 3.05) is 0 Å². The van der Waals surface area contributed by atoms with Crippen LogP contribution in [-0.2, 0) is 16.5 Å². The van der Waals surface area contributed by atoms with Gasteiger partial charge in [-0.15, -0.1) is 0 Å². The van der Waals surface area contributed by atoms with Gasteiger partial charge in [0, 0.05) is 11.1 Å². The van der Waals surface area contributed by atoms with Gasteiger partial charge in [0.2, 0.25) is 5.89 Å². The van der Waals surface area contributed by atoms with Crippen LogP contribution in [0.2, 0.25) is 0 Å². The number of aromatic nitrogens is 4. The molecule has 0 spiro atoms. The molecule has 0 aliphatic heterocycles. The molecule has 0 atom stereocenters. The van der Waals surface area contributed by atoms with E-state index in [1.54, 1.807) is 6.07 Å². The Morgan fingerprint density at radius 3 is 2.16 bits per heavy atom. The predicted molar refractivity (Wildman–Crippen MR) is 95.5 cm³/mol. The van der Waals surface area contributed by atoms with E-state index in [1.807, 2.05) is 67.0 Å². The van der Waals surface area contributed by atoms with Gasteiger partial charge in [0.05, 0.1) is 11.1 Å². The summed E-state index contributed by atoms with van der Waals surface area (Å²) in [4.78, 5) is 17.1. The molecule has 2 heterocycles. The molecule has 2 aromatic rings. The number of hydrogen-bond acceptors (Lipinski definition) is 5. The Hall–Kier alpha value is -2.18. The van der Waals surface area contributed by atoms with Crippen molar-refractivity contribution in [3.05, 3.63) is 29.2 Å². The van der Waals surface area contributed by atoms with Crippen molar-refractivity contribution in [1.29, 1.82) is 0 Å². The number of rotatable bonds is 3. The molecule has 0 unspecified atom stereocenters. The average Bonchev–Trinajstić information content (AvgIpc) is 3.02. The molecule has 25 heavy (non-hydrogen) atoms. The highest BCUT2D eigenvalue weighted by molar-refractivity contribution is 5.92. The summed E-state index contributed by atoms with van der Waals surface area (Å²) in [5, 5.41) is 11.4. The van der Waals surface area contributed by atoms with Gasteiger partial charge in [0.25, 0.3) is 5.91 Å². The van der Waals surface area contributed by atoms with Gasteiger partial charge in [-0.05, 0) is 47.6 Å². The maximum absolute atomic E-state index is 12.7. The summed E-state index contributed by atoms with van der Waals surface area (Å²) >= 11 is 0. The van der Waals surface area contributed by atoms with Gasteiger partial charge in [-0.25, -0.2) is 0 Å². The van der Waals surface area contributed by atoms with Crippen LogP contribution < -0.4 is 5.32 Å². The van der Waals surface area contributed by atoms with Crippen molar-refractivity contribution in [1.82, 2.24) is 25.2 Å². The summed E-state index contributed by atoms with van der Waals surface area (Å²) in [5.74, 6) is 0.716. The van der Waals surface area contributed by atoms with Crippen LogP contribution in [0, 0.1) is 6.92 Å². The molecule has 0 saturated carbocycles. The molecule has 0 bridgehead atoms. The second kappa shape index (κ2) is 5.97. The van der Waals surface area contributed by atoms with E-state index in [0.29, 0.717) is 17.4 Å². The van der Waals surface area contributed by atoms with Crippen molar-refractivity contribution >= 4 is 5.91 Å². The van der Waals surface area contributed by atoms with E-state index in [0.717, 1.165) is 5.69 Å². The third-order valence-corrected chi connectivity index (χ3v) is 3.81. The Kier molecular flexibility index (Phi) is 4.57. The van der Waals surface area contributed by atoms with Gasteiger partial charge >= 0.3 is 0 Å². The summed E-state index contributed by atoms with van der Waals surface area (Å²) in [5.41, 5.74) is 0.107. The molecule has 0 saturated heterocycles. The van der Waals surface area contributed by atoms with Crippen molar-refractivity contribution in [2.24, 2.45) is 0 Å². The molecule has 0 fully saturated rings. The molecule has 2 rings (SSSR count). The van der Waals surface area contributed by atoms with E-state index in [4.69, 9.17) is 4.52 Å². The van der Waals surface area contributed by atoms with Gasteiger partial charge in [0.1, 0.15) is 5.69 Å². The molecule has 0 aliphatic rings. The zero-order chi connectivity index (χ0) is 19.2. The monoisotopic (exact) mass is 347 g/mol. The highest BCUT2D eigenvalue weighted by Gasteiger charge is 2.32. The highest BCUT2D eigenvalue weighted by Crippen LogP contribution is 2.24. The van der Waals surface area contributed by atoms with Gasteiger partial charge in [-0.1, -0.05) is 25.9 Å². The van der Waals surface area contributed by atoms with Crippen LogP contribution in [0.5, 0.6) is 0 Å². The summed E-state index contributed by atoms with van der Waals surface area (Å²) in [6, 6.07) is 1.79. The fraction of sp³-hybridized carbons (Fsp3) is 0.667. The Balaban J connectivity index is 2.23. The largest absolute Gasteiger partial charge is 0.339 e. The van der Waals surface area contributed by atoms with E-state index < -0.39 is 5.54 Å². The van der Waals surface area contributed by atoms with Crippen LogP contribution in [0.1, 0.15) is 83.3 Å². The zero-order valence-corrected chi connectivity index (χ0v) is 16.7. The second-order valence-electron chi connectivity index (χ2n) is 9.01. The van der Waals surface area contributed by atoms with E-state index in [1.165, 1.54) is 0 Å². The molecule has 138 valence electrons. The number of hydrogen-bond donors (Lipinski definition) is 1. The Morgan fingerprint density at radius 1 is 1.12 bits per heavy atom. The SMILES string of the molecule is Cc1cc(C(=O)NC(C)(C)c2noc(C(C)(C)C)n2)nn1C(C)(C)C. The molecule has 0 radical (unpaired) electrons. The van der Waals surface area contributed by atoms with E-state index in [-0.39, 0.29) is 16.9 Å². The number of nitrogens with zero attached hydrogens (tertiary/aromatic N) is 4. The van der Waals surface area contributed by atoms with Crippen LogP contribution in [0.4, 0.5) is 0 Å². The molecule has 0 aromatic carbocycles. The molecular weight excluding hydrogens is 318 g/mol. The molecular formula is C18H29N5O2. The highest BCUT2D eigenvalue weighted by atomic mass is 16.5. The third-order valence-electron chi connectivity index (χ3n) is 3.81. The Morgan fingerprint density at radius 2 is 1.72 bits per heavy atom. The second-order valence-corrected chi connectivity index (χ2v) is 9.01. The first-order chi connectivity index (χ1) is 11.2. The maximum atomic E-state index is 12.7. The average molecular weight is 347 g/mol. The number of carbonyl (C=O) groups is 1. The smallest absolute Gasteiger partial charge is 0.272 e. The zero-order valence-electron chi connectivity index (χ0n) is 16.7. The fourth-order valence-electron chi connectivity index (χ4n) is 2.45. The lowest BCUT2D eigenvalue weighted by Gasteiger charge is -2.22. The molecule has 7 heteroatoms. The minimum absolute atomic E-state index is 0.187. The maximum Gasteiger partial charge on any atom is 0.272 e. The topological polar surface area (TPSA) is 85.8 Å². The normalized spacial score (nSPS) is 13.2. The lowest BCUT2D eigenvalue weighted by molar-refractivity contribution is 0.0900. The minimum Gasteiger partial charge on any atom is -0.339 e. The Labute approximate surface area is 149 Å². The first-order valence-corrected chi connectivity index (χ1v) is 8.46. The summed E-state index contributed by atoms with van der Waals surface area (Å²) < 4.78 is 7.19. The fourth-order valence-corrected chi connectivity index (χ4v) is 2.45. The van der Waals surface area contributed by atoms with E-state index in [2.05, 4.69) is 20.6 Å². The van der Waals surface area contributed by atoms with Crippen molar-refractivity contribution < 1.29 is 9.32 Å². The first kappa shape index (κ1) is 19.1. The summed E-state index contributed by atoms with van der Waals surface area (Å²) in [6.07, 6.45) is 0. The molecule has 1 N–H and O–H groups in total. The first-order valence-electron chi connectivity index (χ1n) is 8.46. The quantitative estimate of drug-likeness (QED) is 0.921. The van der Waals surface area contributed by atoms with E-state index >= 15 is 0 Å². The van der Waals surface area contributed by atoms with Crippen molar-refractivity contribution in [3.8, 4) is 0 Å². The lowest BCUT2D eigenvalue weighted by atomic mass is 9.97. The van der Waals surface area contributed by atoms with Crippen LogP contribution in [0.25, 0.3) is 0 Å². The van der Waals surface area contributed by atoms with Gasteiger partial charge in [-0.3, -0.25) is 9.48 Å². The van der Waals surface area contributed by atoms with Gasteiger partial charge in [0.15, 0.2) is 5.82 Å². The minimum atomic E-state index is -0.774. The number of aryl methyl sites for hydroxylation is 1. The van der Waals surface area contributed by atoms with Crippen molar-refractivity contribution in [2.45, 2.75) is 78.8 Å². The van der Waals surface area contributed by atoms with Crippen LogP contribution in [0.3, 0.4) is 0 Å². The molecule has 1 amide bonds. The van der Waals surface area contributed by atoms with Crippen molar-refractivity contribution in [3.63, 3.8) is 0 Å². The summed E-state index contributed by atoms with van der Waals surface area (Å²) in [6.45, 7) is 17.8. The number of carbonyl (C=O) groups excluding carboxylic acids is 1. The number of nitrogens with one attached hydrogen (secondary N) is 1. The van der Waals surface area contributed by atoms with E-state index in [9.17, 15) is 4.79 Å². The van der Waals surface area contributed by atoms with Gasteiger partial charge < -0.3 is 9.84 Å². The Bertz CT molecular complexity index is 772. The predicted octanol–water partition coefficient (Wildman–Crippen LogP) is 3.29. The van der Waals surface area contributed by atoms with Crippen LogP contribution in [0.15, 0.2) is 10.6 Å². The van der Waals surface area contributed by atoms with Gasteiger partial charge in [-0.2, -0.15) is 10.1 Å². The lowest BCUT2D eigenvalue weighted by Crippen LogP contribution is -2.42. The molecule has 2 aromatic heterocycles. The molecule has 0 aliphatic carbocycles. The van der Waals surface area contributed by atoms with Crippen LogP contribution >= 0.6 is 0 Å². The third kappa shape index (κ3) is 4.08. The number of amides is 1. The van der Waals surface area contributed by atoms with Crippen LogP contribution in [-0.4, -0.2) is 25.8 Å². The summed E-state index contributed by atoms with van der Waals surface area (Å²) in [7, 11) is 0. The molecule has 7 nitrogen and oxygen atoms in total. The standard InChI is InChI=1S/C18H29N5O2/c1-11-10-12(21-23(11)17(5,6)7)13(24)20-18(8,9)14-19-15(25-22-14)16(2,3)4/h10H,1-9H3,(H,20,24).